The summed E-state index contributed by atoms with van der Waals surface area (Å²) in [6.07, 6.45) is 0. The highest BCUT2D eigenvalue weighted by Gasteiger charge is 2.10. The second-order valence-corrected chi connectivity index (χ2v) is 4.46. The maximum Gasteiger partial charge on any atom is 0.149 e. The number of nitrogen functional groups attached to an aromatic ring is 1. The number of halogens is 1. The zero-order valence-corrected chi connectivity index (χ0v) is 9.92. The largest absolute Gasteiger partial charge is 0.489 e. The first-order chi connectivity index (χ1) is 7.40. The third-order valence-corrected chi connectivity index (χ3v) is 1.89. The lowest BCUT2D eigenvalue weighted by Crippen LogP contribution is -2.22. The molecule has 1 aromatic carbocycles. The lowest BCUT2D eigenvalue weighted by molar-refractivity contribution is -0.0162. The fourth-order valence-electron chi connectivity index (χ4n) is 1.14. The van der Waals surface area contributed by atoms with Crippen LogP contribution in [0.1, 0.15) is 20.8 Å². The van der Waals surface area contributed by atoms with Crippen LogP contribution in [-0.2, 0) is 4.74 Å². The summed E-state index contributed by atoms with van der Waals surface area (Å²) in [5.74, 6) is -0.105. The topological polar surface area (TPSA) is 44.5 Å². The Labute approximate surface area is 95.4 Å². The van der Waals surface area contributed by atoms with E-state index in [1.54, 1.807) is 12.1 Å². The highest BCUT2D eigenvalue weighted by molar-refractivity contribution is 5.53. The molecule has 3 nitrogen and oxygen atoms in total. The van der Waals surface area contributed by atoms with Gasteiger partial charge in [0.1, 0.15) is 23.9 Å². The summed E-state index contributed by atoms with van der Waals surface area (Å²) in [5, 5.41) is 0. The smallest absolute Gasteiger partial charge is 0.149 e. The summed E-state index contributed by atoms with van der Waals surface area (Å²) in [7, 11) is 0. The molecule has 0 unspecified atom stereocenters. The Morgan fingerprint density at radius 2 is 1.94 bits per heavy atom. The van der Waals surface area contributed by atoms with Gasteiger partial charge in [0.05, 0.1) is 12.2 Å². The molecule has 4 heteroatoms. The van der Waals surface area contributed by atoms with Crippen molar-refractivity contribution in [3.63, 3.8) is 0 Å². The van der Waals surface area contributed by atoms with Crippen molar-refractivity contribution in [1.29, 1.82) is 0 Å². The average molecular weight is 227 g/mol. The maximum atomic E-state index is 13.0. The quantitative estimate of drug-likeness (QED) is 0.635. The van der Waals surface area contributed by atoms with Gasteiger partial charge in [0.2, 0.25) is 0 Å². The highest BCUT2D eigenvalue weighted by Crippen LogP contribution is 2.23. The molecule has 0 fully saturated rings. The number of rotatable bonds is 4. The molecule has 0 spiro atoms. The zero-order valence-electron chi connectivity index (χ0n) is 9.92. The summed E-state index contributed by atoms with van der Waals surface area (Å²) >= 11 is 0. The Bertz CT molecular complexity index is 347. The van der Waals surface area contributed by atoms with Crippen LogP contribution in [0.2, 0.25) is 0 Å². The Hall–Kier alpha value is -1.29. The Balaban J connectivity index is 2.41. The van der Waals surface area contributed by atoms with E-state index >= 15 is 0 Å². The number of anilines is 1. The van der Waals surface area contributed by atoms with E-state index < -0.39 is 5.82 Å². The Morgan fingerprint density at radius 3 is 2.56 bits per heavy atom. The molecule has 2 N–H and O–H groups in total. The van der Waals surface area contributed by atoms with Crippen LogP contribution in [-0.4, -0.2) is 18.8 Å². The van der Waals surface area contributed by atoms with E-state index in [0.29, 0.717) is 19.0 Å². The van der Waals surface area contributed by atoms with Crippen molar-refractivity contribution in [3.05, 3.63) is 24.0 Å². The molecule has 0 aliphatic rings. The van der Waals surface area contributed by atoms with Crippen molar-refractivity contribution in [3.8, 4) is 5.75 Å². The van der Waals surface area contributed by atoms with Crippen LogP contribution in [0.15, 0.2) is 18.2 Å². The van der Waals surface area contributed by atoms with E-state index in [0.717, 1.165) is 0 Å². The molecule has 0 heterocycles. The van der Waals surface area contributed by atoms with Crippen molar-refractivity contribution in [1.82, 2.24) is 0 Å². The summed E-state index contributed by atoms with van der Waals surface area (Å²) < 4.78 is 23.8. The van der Waals surface area contributed by atoms with Crippen LogP contribution in [0.4, 0.5) is 10.1 Å². The van der Waals surface area contributed by atoms with E-state index in [1.165, 1.54) is 6.07 Å². The van der Waals surface area contributed by atoms with Gasteiger partial charge in [0.15, 0.2) is 0 Å². The molecule has 0 radical (unpaired) electrons. The summed E-state index contributed by atoms with van der Waals surface area (Å²) in [4.78, 5) is 0. The molecular formula is C12H18FNO2. The predicted molar refractivity (Wildman–Crippen MR) is 62.0 cm³/mol. The van der Waals surface area contributed by atoms with Gasteiger partial charge in [-0.3, -0.25) is 0 Å². The highest BCUT2D eigenvalue weighted by atomic mass is 19.1. The Morgan fingerprint density at radius 1 is 1.25 bits per heavy atom. The number of benzene rings is 1. The van der Waals surface area contributed by atoms with E-state index in [4.69, 9.17) is 15.2 Å². The predicted octanol–water partition coefficient (Wildman–Crippen LogP) is 2.60. The fraction of sp³-hybridized carbons (Fsp3) is 0.500. The number of para-hydroxylation sites is 1. The first-order valence-corrected chi connectivity index (χ1v) is 5.21. The van der Waals surface area contributed by atoms with E-state index in [-0.39, 0.29) is 11.3 Å². The minimum atomic E-state index is -0.464. The van der Waals surface area contributed by atoms with Crippen LogP contribution in [0.5, 0.6) is 5.75 Å². The van der Waals surface area contributed by atoms with Crippen molar-refractivity contribution in [2.75, 3.05) is 18.9 Å². The standard InChI is InChI=1S/C12H18FNO2/c1-12(2,3)16-8-7-15-10-6-4-5-9(13)11(10)14/h4-6H,7-8,14H2,1-3H3. The van der Waals surface area contributed by atoms with E-state index in [1.807, 2.05) is 20.8 Å². The number of nitrogens with two attached hydrogens (primary N) is 1. The maximum absolute atomic E-state index is 13.0. The molecule has 0 aromatic heterocycles. The summed E-state index contributed by atoms with van der Waals surface area (Å²) in [6.45, 7) is 6.68. The third kappa shape index (κ3) is 4.06. The second-order valence-electron chi connectivity index (χ2n) is 4.46. The molecule has 0 saturated heterocycles. The van der Waals surface area contributed by atoms with Crippen molar-refractivity contribution in [2.45, 2.75) is 26.4 Å². The van der Waals surface area contributed by atoms with E-state index in [9.17, 15) is 4.39 Å². The number of ether oxygens (including phenoxy) is 2. The molecule has 0 atom stereocenters. The lowest BCUT2D eigenvalue weighted by atomic mass is 10.2. The van der Waals surface area contributed by atoms with Gasteiger partial charge in [-0.25, -0.2) is 4.39 Å². The molecule has 0 aliphatic carbocycles. The molecule has 0 aliphatic heterocycles. The van der Waals surface area contributed by atoms with Gasteiger partial charge in [-0.15, -0.1) is 0 Å². The van der Waals surface area contributed by atoms with Crippen molar-refractivity contribution >= 4 is 5.69 Å². The fourth-order valence-corrected chi connectivity index (χ4v) is 1.14. The van der Waals surface area contributed by atoms with Gasteiger partial charge in [-0.05, 0) is 32.9 Å². The van der Waals surface area contributed by atoms with Gasteiger partial charge in [0.25, 0.3) is 0 Å². The Kier molecular flexibility index (Phi) is 4.12. The SMILES string of the molecule is CC(C)(C)OCCOc1cccc(F)c1N. The number of hydrogen-bond acceptors (Lipinski definition) is 3. The molecule has 1 aromatic rings. The molecule has 0 amide bonds. The van der Waals surface area contributed by atoms with Gasteiger partial charge >= 0.3 is 0 Å². The van der Waals surface area contributed by atoms with E-state index in [2.05, 4.69) is 0 Å². The second kappa shape index (κ2) is 5.16. The van der Waals surface area contributed by atoms with Crippen LogP contribution in [0.25, 0.3) is 0 Å². The zero-order chi connectivity index (χ0) is 12.2. The van der Waals surface area contributed by atoms with Gasteiger partial charge in [-0.2, -0.15) is 0 Å². The average Bonchev–Trinajstić information content (AvgIpc) is 2.17. The molecule has 0 saturated carbocycles. The normalized spacial score (nSPS) is 11.5. The van der Waals surface area contributed by atoms with Gasteiger partial charge < -0.3 is 15.2 Å². The van der Waals surface area contributed by atoms with Crippen LogP contribution >= 0.6 is 0 Å². The molecular weight excluding hydrogens is 209 g/mol. The van der Waals surface area contributed by atoms with Gasteiger partial charge in [-0.1, -0.05) is 6.07 Å². The van der Waals surface area contributed by atoms with Crippen LogP contribution < -0.4 is 10.5 Å². The number of hydrogen-bond donors (Lipinski definition) is 1. The van der Waals surface area contributed by atoms with Crippen molar-refractivity contribution in [2.24, 2.45) is 0 Å². The van der Waals surface area contributed by atoms with Crippen molar-refractivity contribution < 1.29 is 13.9 Å². The third-order valence-electron chi connectivity index (χ3n) is 1.89. The summed E-state index contributed by atoms with van der Waals surface area (Å²) in [6, 6.07) is 4.50. The molecule has 16 heavy (non-hydrogen) atoms. The first-order valence-electron chi connectivity index (χ1n) is 5.21. The molecule has 90 valence electrons. The lowest BCUT2D eigenvalue weighted by Gasteiger charge is -2.19. The monoisotopic (exact) mass is 227 g/mol. The van der Waals surface area contributed by atoms with Crippen LogP contribution in [0, 0.1) is 5.82 Å². The minimum Gasteiger partial charge on any atom is -0.489 e. The molecule has 0 bridgehead atoms. The van der Waals surface area contributed by atoms with Crippen LogP contribution in [0.3, 0.4) is 0 Å². The van der Waals surface area contributed by atoms with Gasteiger partial charge in [0, 0.05) is 0 Å². The molecule has 1 rings (SSSR count). The first kappa shape index (κ1) is 12.8. The minimum absolute atomic E-state index is 0.0401. The summed E-state index contributed by atoms with van der Waals surface area (Å²) in [5.41, 5.74) is 5.35.